The number of amides is 1. The Morgan fingerprint density at radius 1 is 1.67 bits per heavy atom. The van der Waals surface area contributed by atoms with Crippen LogP contribution in [0.15, 0.2) is 10.9 Å². The normalized spacial score (nSPS) is 18.8. The molecule has 98 valence electrons. The Kier molecular flexibility index (Phi) is 4.09. The Morgan fingerprint density at radius 2 is 2.50 bits per heavy atom. The van der Waals surface area contributed by atoms with E-state index in [1.54, 1.807) is 6.92 Å². The number of rotatable bonds is 4. The van der Waals surface area contributed by atoms with Crippen LogP contribution in [0, 0.1) is 12.8 Å². The number of hydrogen-bond acceptors (Lipinski definition) is 4. The van der Waals surface area contributed by atoms with Crippen molar-refractivity contribution in [1.29, 1.82) is 0 Å². The van der Waals surface area contributed by atoms with Crippen molar-refractivity contribution in [2.45, 2.75) is 19.8 Å². The maximum atomic E-state index is 11.7. The zero-order valence-corrected chi connectivity index (χ0v) is 10.4. The van der Waals surface area contributed by atoms with Gasteiger partial charge in [0, 0.05) is 31.3 Å². The minimum Gasteiger partial charge on any atom is -0.381 e. The number of nitrogens with one attached hydrogen (secondary N) is 2. The molecule has 1 aliphatic rings. The summed E-state index contributed by atoms with van der Waals surface area (Å²) < 4.78 is 5.15. The van der Waals surface area contributed by atoms with Crippen LogP contribution in [0.4, 0.5) is 0 Å². The predicted molar refractivity (Wildman–Crippen MR) is 65.2 cm³/mol. The predicted octanol–water partition coefficient (Wildman–Crippen LogP) is -0.226. The van der Waals surface area contributed by atoms with Crippen LogP contribution in [0.1, 0.15) is 17.9 Å². The van der Waals surface area contributed by atoms with Gasteiger partial charge in [-0.3, -0.25) is 9.59 Å². The van der Waals surface area contributed by atoms with Crippen LogP contribution in [0.5, 0.6) is 0 Å². The van der Waals surface area contributed by atoms with Crippen molar-refractivity contribution in [3.63, 3.8) is 0 Å². The molecule has 1 atom stereocenters. The highest BCUT2D eigenvalue weighted by Gasteiger charge is 2.22. The standard InChI is InChI=1S/C12H17N3O3/c1-8-6-11(16)15-10(14-8)2-4-13-12(17)9-3-5-18-7-9/h6,9H,2-5,7H2,1H3,(H,13,17)(H,14,15,16). The van der Waals surface area contributed by atoms with Crippen LogP contribution >= 0.6 is 0 Å². The Labute approximate surface area is 105 Å². The molecule has 6 heteroatoms. The molecule has 0 bridgehead atoms. The molecule has 6 nitrogen and oxygen atoms in total. The monoisotopic (exact) mass is 251 g/mol. The summed E-state index contributed by atoms with van der Waals surface area (Å²) in [6.07, 6.45) is 1.31. The molecule has 2 heterocycles. The summed E-state index contributed by atoms with van der Waals surface area (Å²) in [4.78, 5) is 29.7. The topological polar surface area (TPSA) is 84.1 Å². The lowest BCUT2D eigenvalue weighted by Crippen LogP contribution is -2.33. The van der Waals surface area contributed by atoms with E-state index in [0.29, 0.717) is 37.7 Å². The molecule has 18 heavy (non-hydrogen) atoms. The fraction of sp³-hybridized carbons (Fsp3) is 0.583. The zero-order valence-electron chi connectivity index (χ0n) is 10.4. The van der Waals surface area contributed by atoms with Gasteiger partial charge in [0.25, 0.3) is 5.56 Å². The van der Waals surface area contributed by atoms with Gasteiger partial charge < -0.3 is 15.0 Å². The third kappa shape index (κ3) is 3.40. The molecular formula is C12H17N3O3. The van der Waals surface area contributed by atoms with Gasteiger partial charge in [0.05, 0.1) is 12.5 Å². The minimum absolute atomic E-state index is 0.0162. The fourth-order valence-corrected chi connectivity index (χ4v) is 1.95. The summed E-state index contributed by atoms with van der Waals surface area (Å²) in [5.74, 6) is 0.583. The summed E-state index contributed by atoms with van der Waals surface area (Å²) in [6, 6.07) is 1.44. The Balaban J connectivity index is 1.81. The van der Waals surface area contributed by atoms with Crippen LogP contribution in [0.3, 0.4) is 0 Å². The number of carbonyl (C=O) groups excluding carboxylic acids is 1. The summed E-state index contributed by atoms with van der Waals surface area (Å²) in [6.45, 7) is 3.41. The Bertz CT molecular complexity index is 478. The second-order valence-corrected chi connectivity index (χ2v) is 4.44. The molecule has 1 amide bonds. The van der Waals surface area contributed by atoms with E-state index in [0.717, 1.165) is 6.42 Å². The summed E-state index contributed by atoms with van der Waals surface area (Å²) in [5.41, 5.74) is 0.525. The van der Waals surface area contributed by atoms with E-state index in [-0.39, 0.29) is 17.4 Å². The highest BCUT2D eigenvalue weighted by Crippen LogP contribution is 2.11. The Morgan fingerprint density at radius 3 is 3.17 bits per heavy atom. The van der Waals surface area contributed by atoms with Gasteiger partial charge in [-0.15, -0.1) is 0 Å². The number of hydrogen-bond donors (Lipinski definition) is 2. The lowest BCUT2D eigenvalue weighted by molar-refractivity contribution is -0.124. The van der Waals surface area contributed by atoms with Crippen LogP contribution < -0.4 is 10.9 Å². The molecule has 1 aliphatic heterocycles. The SMILES string of the molecule is Cc1cc(=O)[nH]c(CCNC(=O)C2CCOC2)n1. The summed E-state index contributed by atoms with van der Waals surface area (Å²) in [5, 5.41) is 2.83. The van der Waals surface area contributed by atoms with Crippen molar-refractivity contribution >= 4 is 5.91 Å². The molecule has 1 fully saturated rings. The van der Waals surface area contributed by atoms with Crippen molar-refractivity contribution in [1.82, 2.24) is 15.3 Å². The lowest BCUT2D eigenvalue weighted by atomic mass is 10.1. The second kappa shape index (κ2) is 5.77. The molecule has 0 spiro atoms. The van der Waals surface area contributed by atoms with Gasteiger partial charge in [0.2, 0.25) is 5.91 Å². The number of ether oxygens (including phenoxy) is 1. The van der Waals surface area contributed by atoms with Gasteiger partial charge in [-0.2, -0.15) is 0 Å². The number of aromatic amines is 1. The van der Waals surface area contributed by atoms with E-state index in [9.17, 15) is 9.59 Å². The molecular weight excluding hydrogens is 234 g/mol. The number of H-pyrrole nitrogens is 1. The minimum atomic E-state index is -0.159. The first-order valence-electron chi connectivity index (χ1n) is 6.07. The first kappa shape index (κ1) is 12.8. The van der Waals surface area contributed by atoms with Crippen LogP contribution in [0.2, 0.25) is 0 Å². The van der Waals surface area contributed by atoms with Gasteiger partial charge in [0.1, 0.15) is 5.82 Å². The van der Waals surface area contributed by atoms with Gasteiger partial charge >= 0.3 is 0 Å². The zero-order chi connectivity index (χ0) is 13.0. The van der Waals surface area contributed by atoms with E-state index in [2.05, 4.69) is 15.3 Å². The van der Waals surface area contributed by atoms with Gasteiger partial charge in [-0.1, -0.05) is 0 Å². The van der Waals surface area contributed by atoms with Gasteiger partial charge in [-0.25, -0.2) is 4.98 Å². The number of aryl methyl sites for hydroxylation is 1. The van der Waals surface area contributed by atoms with Crippen molar-refractivity contribution in [3.8, 4) is 0 Å². The Hall–Kier alpha value is -1.69. The van der Waals surface area contributed by atoms with Crippen LogP contribution in [0.25, 0.3) is 0 Å². The number of carbonyl (C=O) groups is 1. The molecule has 0 aromatic carbocycles. The van der Waals surface area contributed by atoms with E-state index >= 15 is 0 Å². The number of nitrogens with zero attached hydrogens (tertiary/aromatic N) is 1. The molecule has 1 aromatic heterocycles. The molecule has 0 saturated carbocycles. The molecule has 1 unspecified atom stereocenters. The van der Waals surface area contributed by atoms with Crippen LogP contribution in [-0.4, -0.2) is 35.6 Å². The van der Waals surface area contributed by atoms with Crippen molar-refractivity contribution in [2.75, 3.05) is 19.8 Å². The third-order valence-electron chi connectivity index (χ3n) is 2.88. The van der Waals surface area contributed by atoms with Gasteiger partial charge in [-0.05, 0) is 13.3 Å². The van der Waals surface area contributed by atoms with Gasteiger partial charge in [0.15, 0.2) is 0 Å². The van der Waals surface area contributed by atoms with E-state index in [4.69, 9.17) is 4.74 Å². The highest BCUT2D eigenvalue weighted by molar-refractivity contribution is 5.78. The lowest BCUT2D eigenvalue weighted by Gasteiger charge is -2.08. The van der Waals surface area contributed by atoms with E-state index in [1.165, 1.54) is 6.07 Å². The van der Waals surface area contributed by atoms with Crippen molar-refractivity contribution in [2.24, 2.45) is 5.92 Å². The van der Waals surface area contributed by atoms with E-state index < -0.39 is 0 Å². The summed E-state index contributed by atoms with van der Waals surface area (Å²) >= 11 is 0. The largest absolute Gasteiger partial charge is 0.381 e. The maximum absolute atomic E-state index is 11.7. The average molecular weight is 251 g/mol. The smallest absolute Gasteiger partial charge is 0.251 e. The fourth-order valence-electron chi connectivity index (χ4n) is 1.95. The second-order valence-electron chi connectivity index (χ2n) is 4.44. The quantitative estimate of drug-likeness (QED) is 0.774. The highest BCUT2D eigenvalue weighted by atomic mass is 16.5. The molecule has 0 radical (unpaired) electrons. The molecule has 2 rings (SSSR count). The maximum Gasteiger partial charge on any atom is 0.251 e. The molecule has 1 aromatic rings. The molecule has 2 N–H and O–H groups in total. The van der Waals surface area contributed by atoms with Crippen molar-refractivity contribution < 1.29 is 9.53 Å². The van der Waals surface area contributed by atoms with Crippen molar-refractivity contribution in [3.05, 3.63) is 27.9 Å². The third-order valence-corrected chi connectivity index (χ3v) is 2.88. The van der Waals surface area contributed by atoms with E-state index in [1.807, 2.05) is 0 Å². The first-order chi connectivity index (χ1) is 8.65. The summed E-state index contributed by atoms with van der Waals surface area (Å²) in [7, 11) is 0. The molecule has 1 saturated heterocycles. The van der Waals surface area contributed by atoms with Crippen LogP contribution in [-0.2, 0) is 16.0 Å². The molecule has 0 aliphatic carbocycles. The number of aromatic nitrogens is 2. The average Bonchev–Trinajstić information content (AvgIpc) is 2.80. The first-order valence-corrected chi connectivity index (χ1v) is 6.07.